The molecule has 17 heavy (non-hydrogen) atoms. The number of likely N-dealkylation sites (N-methyl/N-ethyl adjacent to an activating group) is 1. The van der Waals surface area contributed by atoms with Crippen LogP contribution in [0.1, 0.15) is 30.9 Å². The van der Waals surface area contributed by atoms with Gasteiger partial charge in [-0.05, 0) is 33.4 Å². The quantitative estimate of drug-likeness (QED) is 0.788. The molecule has 1 heterocycles. The topological polar surface area (TPSA) is 21.1 Å². The van der Waals surface area contributed by atoms with E-state index in [9.17, 15) is 0 Å². The number of hydrogen-bond donors (Lipinski definition) is 0. The van der Waals surface area contributed by atoms with Gasteiger partial charge >= 0.3 is 0 Å². The number of halogens is 2. The second-order valence-corrected chi connectivity index (χ2v) is 6.04. The first-order valence-electron chi connectivity index (χ1n) is 6.08. The van der Waals surface area contributed by atoms with E-state index < -0.39 is 0 Å². The molecule has 0 bridgehead atoms. The number of alkyl halides is 1. The molecule has 1 saturated carbocycles. The van der Waals surface area contributed by atoms with Gasteiger partial charge in [-0.3, -0.25) is 4.68 Å². The van der Waals surface area contributed by atoms with E-state index in [0.29, 0.717) is 11.3 Å². The Labute approximate surface area is 113 Å². The summed E-state index contributed by atoms with van der Waals surface area (Å²) in [5, 5.41) is 5.46. The van der Waals surface area contributed by atoms with Crippen molar-refractivity contribution in [2.24, 2.45) is 0 Å². The lowest BCUT2D eigenvalue weighted by Gasteiger charge is -2.15. The highest BCUT2D eigenvalue weighted by atomic mass is 35.5. The summed E-state index contributed by atoms with van der Waals surface area (Å²) in [5.74, 6) is 0.481. The van der Waals surface area contributed by atoms with E-state index in [4.69, 9.17) is 23.2 Å². The van der Waals surface area contributed by atoms with Crippen LogP contribution in [0.2, 0.25) is 5.02 Å². The molecule has 3 nitrogen and oxygen atoms in total. The lowest BCUT2D eigenvalue weighted by molar-refractivity contribution is 0.366. The minimum atomic E-state index is 0.299. The van der Waals surface area contributed by atoms with Gasteiger partial charge in [0.2, 0.25) is 0 Å². The molecule has 96 valence electrons. The van der Waals surface area contributed by atoms with Gasteiger partial charge in [0.1, 0.15) is 0 Å². The SMILES string of the molecule is CN(C)CCn1ncc(Cl)c1C1CCC(Cl)C1. The van der Waals surface area contributed by atoms with Crippen LogP contribution >= 0.6 is 23.2 Å². The summed E-state index contributed by atoms with van der Waals surface area (Å²) in [6.07, 6.45) is 4.99. The Balaban J connectivity index is 2.12. The fraction of sp³-hybridized carbons (Fsp3) is 0.750. The predicted octanol–water partition coefficient (Wildman–Crippen LogP) is 2.97. The third-order valence-electron chi connectivity index (χ3n) is 3.35. The highest BCUT2D eigenvalue weighted by molar-refractivity contribution is 6.31. The first-order valence-corrected chi connectivity index (χ1v) is 6.89. The molecule has 0 saturated heterocycles. The van der Waals surface area contributed by atoms with Crippen LogP contribution in [0.5, 0.6) is 0 Å². The molecule has 2 unspecified atom stereocenters. The van der Waals surface area contributed by atoms with E-state index in [1.54, 1.807) is 6.20 Å². The Kier molecular flexibility index (Phi) is 4.34. The summed E-state index contributed by atoms with van der Waals surface area (Å²) in [6, 6.07) is 0. The molecule has 0 amide bonds. The lowest BCUT2D eigenvalue weighted by Crippen LogP contribution is -2.20. The van der Waals surface area contributed by atoms with Gasteiger partial charge in [-0.2, -0.15) is 5.10 Å². The number of nitrogens with zero attached hydrogens (tertiary/aromatic N) is 3. The molecular weight excluding hydrogens is 257 g/mol. The molecule has 0 aromatic carbocycles. The average molecular weight is 276 g/mol. The van der Waals surface area contributed by atoms with Gasteiger partial charge in [-0.1, -0.05) is 11.6 Å². The van der Waals surface area contributed by atoms with Crippen LogP contribution in [0, 0.1) is 0 Å². The van der Waals surface area contributed by atoms with Crippen molar-refractivity contribution >= 4 is 23.2 Å². The standard InChI is InChI=1S/C12H19Cl2N3/c1-16(2)5-6-17-12(11(14)8-15-17)9-3-4-10(13)7-9/h8-10H,3-7H2,1-2H3. The van der Waals surface area contributed by atoms with E-state index >= 15 is 0 Å². The molecule has 1 aliphatic rings. The van der Waals surface area contributed by atoms with Crippen molar-refractivity contribution in [2.75, 3.05) is 20.6 Å². The monoisotopic (exact) mass is 275 g/mol. The molecule has 2 atom stereocenters. The van der Waals surface area contributed by atoms with Gasteiger partial charge in [0.25, 0.3) is 0 Å². The van der Waals surface area contributed by atoms with Gasteiger partial charge in [-0.15, -0.1) is 11.6 Å². The first-order chi connectivity index (χ1) is 8.08. The molecule has 1 fully saturated rings. The fourth-order valence-corrected chi connectivity index (χ4v) is 3.06. The largest absolute Gasteiger partial charge is 0.308 e. The molecule has 1 aromatic rings. The smallest absolute Gasteiger partial charge is 0.0820 e. The third kappa shape index (κ3) is 3.15. The minimum absolute atomic E-state index is 0.299. The molecule has 1 aliphatic carbocycles. The molecule has 0 radical (unpaired) electrons. The van der Waals surface area contributed by atoms with E-state index in [2.05, 4.69) is 24.1 Å². The molecule has 2 rings (SSSR count). The highest BCUT2D eigenvalue weighted by Gasteiger charge is 2.28. The van der Waals surface area contributed by atoms with Gasteiger partial charge in [0.05, 0.1) is 23.5 Å². The van der Waals surface area contributed by atoms with Crippen molar-refractivity contribution in [3.05, 3.63) is 16.9 Å². The van der Waals surface area contributed by atoms with Crippen LogP contribution < -0.4 is 0 Å². The zero-order chi connectivity index (χ0) is 12.4. The summed E-state index contributed by atoms with van der Waals surface area (Å²) in [6.45, 7) is 1.86. The molecular formula is C12H19Cl2N3. The van der Waals surface area contributed by atoms with Crippen molar-refractivity contribution in [1.29, 1.82) is 0 Å². The Morgan fingerprint density at radius 3 is 2.82 bits per heavy atom. The van der Waals surface area contributed by atoms with Crippen molar-refractivity contribution in [3.63, 3.8) is 0 Å². The van der Waals surface area contributed by atoms with Gasteiger partial charge in [0, 0.05) is 17.8 Å². The second kappa shape index (κ2) is 5.59. The van der Waals surface area contributed by atoms with Crippen LogP contribution in [0.15, 0.2) is 6.20 Å². The van der Waals surface area contributed by atoms with Gasteiger partial charge < -0.3 is 4.90 Å². The third-order valence-corrected chi connectivity index (χ3v) is 4.04. The normalized spacial score (nSPS) is 24.8. The Morgan fingerprint density at radius 2 is 2.24 bits per heavy atom. The first kappa shape index (κ1) is 13.2. The number of hydrogen-bond acceptors (Lipinski definition) is 2. The number of aromatic nitrogens is 2. The zero-order valence-corrected chi connectivity index (χ0v) is 11.9. The minimum Gasteiger partial charge on any atom is -0.308 e. The van der Waals surface area contributed by atoms with Crippen molar-refractivity contribution in [3.8, 4) is 0 Å². The van der Waals surface area contributed by atoms with Gasteiger partial charge in [-0.25, -0.2) is 0 Å². The summed E-state index contributed by atoms with van der Waals surface area (Å²) < 4.78 is 2.04. The Morgan fingerprint density at radius 1 is 1.47 bits per heavy atom. The summed E-state index contributed by atoms with van der Waals surface area (Å²) in [4.78, 5) is 2.15. The average Bonchev–Trinajstić information content (AvgIpc) is 2.82. The summed E-state index contributed by atoms with van der Waals surface area (Å²) >= 11 is 12.4. The van der Waals surface area contributed by atoms with Gasteiger partial charge in [0.15, 0.2) is 0 Å². The maximum Gasteiger partial charge on any atom is 0.0820 e. The maximum atomic E-state index is 6.25. The summed E-state index contributed by atoms with van der Waals surface area (Å²) in [7, 11) is 4.13. The van der Waals surface area contributed by atoms with E-state index in [1.165, 1.54) is 5.69 Å². The van der Waals surface area contributed by atoms with Crippen LogP contribution in [-0.4, -0.2) is 40.7 Å². The predicted molar refractivity (Wildman–Crippen MR) is 72.0 cm³/mol. The van der Waals surface area contributed by atoms with Crippen LogP contribution in [-0.2, 0) is 6.54 Å². The Hall–Kier alpha value is -0.250. The van der Waals surface area contributed by atoms with Crippen LogP contribution in [0.25, 0.3) is 0 Å². The molecule has 0 spiro atoms. The highest BCUT2D eigenvalue weighted by Crippen LogP contribution is 2.39. The van der Waals surface area contributed by atoms with E-state index in [1.807, 2.05) is 4.68 Å². The van der Waals surface area contributed by atoms with E-state index in [0.717, 1.165) is 37.4 Å². The summed E-state index contributed by atoms with van der Waals surface area (Å²) in [5.41, 5.74) is 1.18. The van der Waals surface area contributed by atoms with Crippen molar-refractivity contribution in [1.82, 2.24) is 14.7 Å². The molecule has 0 aliphatic heterocycles. The molecule has 1 aromatic heterocycles. The van der Waals surface area contributed by atoms with Crippen LogP contribution in [0.4, 0.5) is 0 Å². The van der Waals surface area contributed by atoms with Crippen molar-refractivity contribution in [2.45, 2.75) is 37.1 Å². The lowest BCUT2D eigenvalue weighted by atomic mass is 10.0. The molecule has 5 heteroatoms. The second-order valence-electron chi connectivity index (χ2n) is 5.01. The fourth-order valence-electron chi connectivity index (χ4n) is 2.43. The van der Waals surface area contributed by atoms with E-state index in [-0.39, 0.29) is 0 Å². The number of rotatable bonds is 4. The zero-order valence-electron chi connectivity index (χ0n) is 10.4. The Bertz CT molecular complexity index is 376. The van der Waals surface area contributed by atoms with Crippen molar-refractivity contribution < 1.29 is 0 Å². The van der Waals surface area contributed by atoms with Crippen LogP contribution in [0.3, 0.4) is 0 Å². The molecule has 0 N–H and O–H groups in total. The maximum absolute atomic E-state index is 6.25.